The van der Waals surface area contributed by atoms with Gasteiger partial charge in [0.25, 0.3) is 11.8 Å². The summed E-state index contributed by atoms with van der Waals surface area (Å²) < 4.78 is 26.3. The van der Waals surface area contributed by atoms with Crippen molar-refractivity contribution in [1.82, 2.24) is 15.8 Å². The molecule has 0 aliphatic heterocycles. The topological polar surface area (TPSA) is 100 Å². The first-order valence-corrected chi connectivity index (χ1v) is 7.29. The van der Waals surface area contributed by atoms with Gasteiger partial charge in [0.1, 0.15) is 5.69 Å². The first-order chi connectivity index (χ1) is 11.8. The average Bonchev–Trinajstić information content (AvgIpc) is 2.98. The Kier molecular flexibility index (Phi) is 4.10. The molecular formula is C17H14F2N4O2. The summed E-state index contributed by atoms with van der Waals surface area (Å²) in [6, 6.07) is 8.64. The molecule has 0 saturated carbocycles. The van der Waals surface area contributed by atoms with E-state index in [0.717, 1.165) is 16.5 Å². The maximum atomic E-state index is 13.2. The highest BCUT2D eigenvalue weighted by Gasteiger charge is 2.16. The van der Waals surface area contributed by atoms with Crippen molar-refractivity contribution in [3.8, 4) is 0 Å². The van der Waals surface area contributed by atoms with Crippen LogP contribution in [-0.4, -0.2) is 16.8 Å². The first-order valence-electron chi connectivity index (χ1n) is 7.29. The van der Waals surface area contributed by atoms with E-state index < -0.39 is 23.4 Å². The van der Waals surface area contributed by atoms with Gasteiger partial charge < -0.3 is 10.7 Å². The van der Waals surface area contributed by atoms with Crippen LogP contribution in [0.5, 0.6) is 0 Å². The van der Waals surface area contributed by atoms with E-state index in [1.807, 2.05) is 25.1 Å². The molecule has 0 spiro atoms. The number of hydrogen-bond donors (Lipinski definition) is 4. The van der Waals surface area contributed by atoms with Crippen LogP contribution in [0.1, 0.15) is 26.4 Å². The summed E-state index contributed by atoms with van der Waals surface area (Å²) in [4.78, 5) is 27.0. The van der Waals surface area contributed by atoms with Gasteiger partial charge >= 0.3 is 0 Å². The van der Waals surface area contributed by atoms with Gasteiger partial charge in [-0.1, -0.05) is 11.6 Å². The lowest BCUT2D eigenvalue weighted by molar-refractivity contribution is 0.0844. The number of hydrazine groups is 1. The lowest BCUT2D eigenvalue weighted by atomic mass is 10.1. The van der Waals surface area contributed by atoms with Crippen molar-refractivity contribution in [3.05, 3.63) is 64.9 Å². The minimum Gasteiger partial charge on any atom is -0.398 e. The number of H-pyrrole nitrogens is 1. The van der Waals surface area contributed by atoms with Gasteiger partial charge in [-0.15, -0.1) is 0 Å². The molecule has 8 heteroatoms. The number of benzene rings is 2. The number of aromatic nitrogens is 1. The van der Waals surface area contributed by atoms with Gasteiger partial charge in [0.2, 0.25) is 0 Å². The van der Waals surface area contributed by atoms with Crippen LogP contribution in [0.2, 0.25) is 0 Å². The molecule has 6 nitrogen and oxygen atoms in total. The number of anilines is 1. The minimum absolute atomic E-state index is 0.235. The van der Waals surface area contributed by atoms with E-state index in [1.165, 1.54) is 0 Å². The molecule has 1 aromatic heterocycles. The molecule has 2 aromatic carbocycles. The van der Waals surface area contributed by atoms with Crippen LogP contribution in [-0.2, 0) is 0 Å². The summed E-state index contributed by atoms with van der Waals surface area (Å²) in [6.07, 6.45) is 0. The van der Waals surface area contributed by atoms with E-state index in [0.29, 0.717) is 12.1 Å². The molecule has 0 saturated heterocycles. The van der Waals surface area contributed by atoms with Crippen LogP contribution in [0.4, 0.5) is 14.5 Å². The van der Waals surface area contributed by atoms with Crippen molar-refractivity contribution in [3.63, 3.8) is 0 Å². The van der Waals surface area contributed by atoms with Crippen LogP contribution >= 0.6 is 0 Å². The zero-order valence-electron chi connectivity index (χ0n) is 13.1. The molecule has 0 bridgehead atoms. The molecule has 5 N–H and O–H groups in total. The number of halogens is 2. The molecule has 0 fully saturated rings. The van der Waals surface area contributed by atoms with Crippen molar-refractivity contribution in [1.29, 1.82) is 0 Å². The minimum atomic E-state index is -1.21. The normalized spacial score (nSPS) is 10.7. The van der Waals surface area contributed by atoms with E-state index >= 15 is 0 Å². The van der Waals surface area contributed by atoms with Crippen molar-refractivity contribution < 1.29 is 18.4 Å². The standard InChI is InChI=1S/C17H14F2N4O2/c1-8-2-3-14-9(4-8)5-15(21-14)17(25)23-22-16(24)10-6-11(18)12(19)7-13(10)20/h2-7,21H,20H2,1H3,(H,22,24)(H,23,25). The molecule has 3 aromatic rings. The van der Waals surface area contributed by atoms with Crippen LogP contribution < -0.4 is 16.6 Å². The molecule has 2 amide bonds. The molecule has 3 rings (SSSR count). The number of nitrogens with two attached hydrogens (primary N) is 1. The third-order valence-corrected chi connectivity index (χ3v) is 3.65. The SMILES string of the molecule is Cc1ccc2[nH]c(C(=O)NNC(=O)c3cc(F)c(F)cc3N)cc2c1. The highest BCUT2D eigenvalue weighted by molar-refractivity contribution is 6.02. The number of carbonyl (C=O) groups excluding carboxylic acids is 2. The van der Waals surface area contributed by atoms with Crippen LogP contribution in [0.3, 0.4) is 0 Å². The van der Waals surface area contributed by atoms with Crippen molar-refractivity contribution in [2.45, 2.75) is 6.92 Å². The summed E-state index contributed by atoms with van der Waals surface area (Å²) in [5, 5.41) is 0.848. The largest absolute Gasteiger partial charge is 0.398 e. The van der Waals surface area contributed by atoms with Gasteiger partial charge in [0.15, 0.2) is 11.6 Å². The van der Waals surface area contributed by atoms with E-state index in [2.05, 4.69) is 15.8 Å². The number of rotatable bonds is 2. The Balaban J connectivity index is 1.73. The Morgan fingerprint density at radius 1 is 1.00 bits per heavy atom. The van der Waals surface area contributed by atoms with Gasteiger partial charge in [0, 0.05) is 22.7 Å². The van der Waals surface area contributed by atoms with Crippen molar-refractivity contribution >= 4 is 28.4 Å². The highest BCUT2D eigenvalue weighted by atomic mass is 19.2. The zero-order valence-corrected chi connectivity index (χ0v) is 13.1. The summed E-state index contributed by atoms with van der Waals surface area (Å²) in [5.74, 6) is -3.83. The number of hydrogen-bond acceptors (Lipinski definition) is 3. The number of aryl methyl sites for hydroxylation is 1. The Labute approximate surface area is 141 Å². The number of aromatic amines is 1. The van der Waals surface area contributed by atoms with Gasteiger partial charge in [-0.25, -0.2) is 8.78 Å². The molecule has 0 aliphatic carbocycles. The summed E-state index contributed by atoms with van der Waals surface area (Å²) >= 11 is 0. The van der Waals surface area contributed by atoms with Gasteiger partial charge in [-0.2, -0.15) is 0 Å². The van der Waals surface area contributed by atoms with Crippen LogP contribution in [0, 0.1) is 18.6 Å². The second-order valence-electron chi connectivity index (χ2n) is 5.54. The zero-order chi connectivity index (χ0) is 18.1. The Morgan fingerprint density at radius 2 is 1.68 bits per heavy atom. The van der Waals surface area contributed by atoms with E-state index in [4.69, 9.17) is 5.73 Å². The molecule has 1 heterocycles. The first kappa shape index (κ1) is 16.4. The van der Waals surface area contributed by atoms with Gasteiger partial charge in [-0.3, -0.25) is 20.4 Å². The molecule has 0 radical (unpaired) electrons. The van der Waals surface area contributed by atoms with E-state index in [9.17, 15) is 18.4 Å². The Bertz CT molecular complexity index is 998. The fourth-order valence-electron chi connectivity index (χ4n) is 2.38. The van der Waals surface area contributed by atoms with Gasteiger partial charge in [-0.05, 0) is 31.2 Å². The van der Waals surface area contributed by atoms with E-state index in [-0.39, 0.29) is 16.9 Å². The van der Waals surface area contributed by atoms with Crippen LogP contribution in [0.15, 0.2) is 36.4 Å². The number of amides is 2. The highest BCUT2D eigenvalue weighted by Crippen LogP contribution is 2.18. The maximum Gasteiger partial charge on any atom is 0.286 e. The number of fused-ring (bicyclic) bond motifs is 1. The summed E-state index contributed by atoms with van der Waals surface area (Å²) in [7, 11) is 0. The smallest absolute Gasteiger partial charge is 0.286 e. The third kappa shape index (κ3) is 3.27. The maximum absolute atomic E-state index is 13.2. The average molecular weight is 344 g/mol. The number of nitrogens with one attached hydrogen (secondary N) is 3. The molecule has 128 valence electrons. The molecule has 0 atom stereocenters. The van der Waals surface area contributed by atoms with Crippen LogP contribution in [0.25, 0.3) is 10.9 Å². The Hall–Kier alpha value is -3.42. The number of carbonyl (C=O) groups is 2. The molecule has 0 unspecified atom stereocenters. The molecule has 0 aliphatic rings. The predicted octanol–water partition coefficient (Wildman–Crippen LogP) is 2.41. The quantitative estimate of drug-likeness (QED) is 0.424. The second kappa shape index (κ2) is 6.23. The lowest BCUT2D eigenvalue weighted by Gasteiger charge is -2.08. The van der Waals surface area contributed by atoms with E-state index in [1.54, 1.807) is 6.07 Å². The summed E-state index contributed by atoms with van der Waals surface area (Å²) in [6.45, 7) is 1.93. The van der Waals surface area contributed by atoms with Gasteiger partial charge in [0.05, 0.1) is 5.56 Å². The monoisotopic (exact) mass is 344 g/mol. The second-order valence-corrected chi connectivity index (χ2v) is 5.54. The summed E-state index contributed by atoms with van der Waals surface area (Å²) in [5.41, 5.74) is 11.3. The molecular weight excluding hydrogens is 330 g/mol. The number of nitrogen functional groups attached to an aromatic ring is 1. The fraction of sp³-hybridized carbons (Fsp3) is 0.0588. The van der Waals surface area contributed by atoms with Crippen molar-refractivity contribution in [2.75, 3.05) is 5.73 Å². The Morgan fingerprint density at radius 3 is 2.44 bits per heavy atom. The fourth-order valence-corrected chi connectivity index (χ4v) is 2.38. The van der Waals surface area contributed by atoms with Crippen molar-refractivity contribution in [2.24, 2.45) is 0 Å². The third-order valence-electron chi connectivity index (χ3n) is 3.65. The predicted molar refractivity (Wildman–Crippen MR) is 88.7 cm³/mol. The molecule has 25 heavy (non-hydrogen) atoms. The lowest BCUT2D eigenvalue weighted by Crippen LogP contribution is -2.42.